The Kier molecular flexibility index (Phi) is 4.52. The highest BCUT2D eigenvalue weighted by molar-refractivity contribution is 6.20. The molecule has 176 valence electrons. The summed E-state index contributed by atoms with van der Waals surface area (Å²) in [5, 5.41) is 17.4. The van der Waals surface area contributed by atoms with E-state index in [9.17, 15) is 0 Å². The number of aromatic amines is 1. The number of aliphatic imine (C=N–C) groups is 1. The maximum atomic E-state index is 5.87. The van der Waals surface area contributed by atoms with Crippen molar-refractivity contribution in [1.29, 1.82) is 0 Å². The zero-order valence-electron chi connectivity index (χ0n) is 20.4. The van der Waals surface area contributed by atoms with Crippen molar-refractivity contribution in [3.05, 3.63) is 40.8 Å². The second kappa shape index (κ2) is 7.38. The van der Waals surface area contributed by atoms with Crippen molar-refractivity contribution in [3.8, 4) is 16.9 Å². The Balaban J connectivity index is 1.48. The molecule has 4 aromatic rings. The fraction of sp³-hybridized carbons (Fsp3) is 0.400. The molecular formula is C25H30N8O. The predicted octanol–water partition coefficient (Wildman–Crippen LogP) is 4.43. The van der Waals surface area contributed by atoms with Gasteiger partial charge in [-0.25, -0.2) is 4.99 Å². The molecule has 1 aromatic carbocycles. The van der Waals surface area contributed by atoms with Crippen molar-refractivity contribution in [2.45, 2.75) is 45.7 Å². The number of fused-ring (bicyclic) bond motifs is 3. The lowest BCUT2D eigenvalue weighted by molar-refractivity contribution is 0.417. The Labute approximate surface area is 198 Å². The van der Waals surface area contributed by atoms with Crippen molar-refractivity contribution >= 4 is 28.4 Å². The normalized spacial score (nSPS) is 17.5. The van der Waals surface area contributed by atoms with E-state index in [1.807, 2.05) is 37.3 Å². The number of hydrogen-bond donors (Lipinski definition) is 3. The number of H-pyrrole nitrogens is 1. The van der Waals surface area contributed by atoms with Crippen molar-refractivity contribution in [3.63, 3.8) is 0 Å². The van der Waals surface area contributed by atoms with Crippen molar-refractivity contribution in [2.75, 3.05) is 17.7 Å². The minimum atomic E-state index is -0.0663. The molecular weight excluding hydrogens is 428 g/mol. The first kappa shape index (κ1) is 20.8. The number of ether oxygens (including phenoxy) is 1. The largest absolute Gasteiger partial charge is 0.496 e. The molecule has 1 unspecified atom stereocenters. The van der Waals surface area contributed by atoms with E-state index in [1.54, 1.807) is 7.11 Å². The molecule has 9 heteroatoms. The Morgan fingerprint density at radius 1 is 1.06 bits per heavy atom. The van der Waals surface area contributed by atoms with Gasteiger partial charge in [0.25, 0.3) is 0 Å². The summed E-state index contributed by atoms with van der Waals surface area (Å²) in [5.41, 5.74) is 7.38. The molecule has 3 N–H and O–H groups in total. The number of hydrogen-bond acceptors (Lipinski definition) is 6. The monoisotopic (exact) mass is 458 g/mol. The van der Waals surface area contributed by atoms with Gasteiger partial charge in [-0.2, -0.15) is 10.2 Å². The molecule has 34 heavy (non-hydrogen) atoms. The van der Waals surface area contributed by atoms with E-state index < -0.39 is 0 Å². The average Bonchev–Trinajstić information content (AvgIpc) is 3.42. The lowest BCUT2D eigenvalue weighted by Crippen LogP contribution is -2.27. The molecule has 0 radical (unpaired) electrons. The second-order valence-corrected chi connectivity index (χ2v) is 9.42. The SMILES string of the molecule is COc1cc2c3c([nH]c2cc1-c1c(C)nn(C)c1C)NC(C)N=C3Nc1cc(C2CC2)nn1C. The highest BCUT2D eigenvalue weighted by Crippen LogP contribution is 2.42. The third kappa shape index (κ3) is 3.18. The molecule has 1 aliphatic heterocycles. The Bertz CT molecular complexity index is 1470. The van der Waals surface area contributed by atoms with Gasteiger partial charge in [0.15, 0.2) is 0 Å². The number of aryl methyl sites for hydroxylation is 3. The number of nitrogens with zero attached hydrogens (tertiary/aromatic N) is 5. The van der Waals surface area contributed by atoms with Crippen LogP contribution in [0, 0.1) is 13.8 Å². The van der Waals surface area contributed by atoms with Crippen LogP contribution in [-0.2, 0) is 14.1 Å². The first-order chi connectivity index (χ1) is 16.3. The maximum Gasteiger partial charge on any atom is 0.140 e. The van der Waals surface area contributed by atoms with Gasteiger partial charge in [0.05, 0.1) is 24.1 Å². The standard InChI is InChI=1S/C25H30N8O/c1-12-22(13(2)32(4)30-12)17-9-19-16(10-20(17)34-6)23-24(28-19)26-14(3)27-25(23)29-21-11-18(15-7-8-15)31-33(21)5/h9-11,14-15,26,28H,7-8H2,1-6H3,(H,27,29). The molecule has 2 aliphatic rings. The fourth-order valence-electron chi connectivity index (χ4n) is 5.00. The fourth-order valence-corrected chi connectivity index (χ4v) is 5.00. The highest BCUT2D eigenvalue weighted by Gasteiger charge is 2.29. The van der Waals surface area contributed by atoms with Gasteiger partial charge >= 0.3 is 0 Å². The molecule has 1 aliphatic carbocycles. The van der Waals surface area contributed by atoms with Crippen molar-refractivity contribution < 1.29 is 4.74 Å². The number of nitrogens with one attached hydrogen (secondary N) is 3. The third-order valence-electron chi connectivity index (χ3n) is 6.95. The van der Waals surface area contributed by atoms with E-state index >= 15 is 0 Å². The number of aromatic nitrogens is 5. The molecule has 0 saturated heterocycles. The Hall–Kier alpha value is -3.75. The first-order valence-corrected chi connectivity index (χ1v) is 11.7. The van der Waals surface area contributed by atoms with Crippen LogP contribution in [0.3, 0.4) is 0 Å². The van der Waals surface area contributed by atoms with Crippen LogP contribution in [0.5, 0.6) is 5.75 Å². The Morgan fingerprint density at radius 2 is 1.85 bits per heavy atom. The van der Waals surface area contributed by atoms with E-state index in [0.29, 0.717) is 5.92 Å². The lowest BCUT2D eigenvalue weighted by atomic mass is 9.99. The smallest absolute Gasteiger partial charge is 0.140 e. The molecule has 3 aromatic heterocycles. The molecule has 9 nitrogen and oxygen atoms in total. The van der Waals surface area contributed by atoms with Crippen molar-refractivity contribution in [2.24, 2.45) is 19.1 Å². The van der Waals surface area contributed by atoms with Gasteiger partial charge in [-0.1, -0.05) is 0 Å². The Morgan fingerprint density at radius 3 is 2.53 bits per heavy atom. The van der Waals surface area contributed by atoms with Crippen LogP contribution < -0.4 is 15.4 Å². The zero-order valence-corrected chi connectivity index (χ0v) is 20.4. The minimum absolute atomic E-state index is 0.0663. The van der Waals surface area contributed by atoms with Crippen LogP contribution in [-0.4, -0.2) is 43.7 Å². The van der Waals surface area contributed by atoms with E-state index in [-0.39, 0.29) is 6.17 Å². The van der Waals surface area contributed by atoms with E-state index in [2.05, 4.69) is 45.8 Å². The summed E-state index contributed by atoms with van der Waals surface area (Å²) in [6.07, 6.45) is 2.38. The molecule has 1 fully saturated rings. The maximum absolute atomic E-state index is 5.87. The average molecular weight is 459 g/mol. The van der Waals surface area contributed by atoms with E-state index in [0.717, 1.165) is 67.9 Å². The summed E-state index contributed by atoms with van der Waals surface area (Å²) in [7, 11) is 5.66. The zero-order chi connectivity index (χ0) is 23.7. The summed E-state index contributed by atoms with van der Waals surface area (Å²) in [6, 6.07) is 6.40. The molecule has 0 bridgehead atoms. The van der Waals surface area contributed by atoms with E-state index in [4.69, 9.17) is 14.8 Å². The van der Waals surface area contributed by atoms with Gasteiger partial charge in [-0.15, -0.1) is 0 Å². The minimum Gasteiger partial charge on any atom is -0.496 e. The van der Waals surface area contributed by atoms with Gasteiger partial charge in [-0.3, -0.25) is 9.36 Å². The first-order valence-electron chi connectivity index (χ1n) is 11.7. The third-order valence-corrected chi connectivity index (χ3v) is 6.95. The van der Waals surface area contributed by atoms with Crippen LogP contribution in [0.2, 0.25) is 0 Å². The number of amidine groups is 1. The molecule has 6 rings (SSSR count). The summed E-state index contributed by atoms with van der Waals surface area (Å²) in [5.74, 6) is 4.12. The predicted molar refractivity (Wildman–Crippen MR) is 135 cm³/mol. The number of rotatable bonds is 4. The van der Waals surface area contributed by atoms with Gasteiger partial charge in [0.1, 0.15) is 29.4 Å². The molecule has 4 heterocycles. The quantitative estimate of drug-likeness (QED) is 0.420. The van der Waals surface area contributed by atoms with Crippen LogP contribution in [0.4, 0.5) is 11.6 Å². The summed E-state index contributed by atoms with van der Waals surface area (Å²) >= 11 is 0. The van der Waals surface area contributed by atoms with Crippen LogP contribution in [0.15, 0.2) is 23.2 Å². The van der Waals surface area contributed by atoms with Crippen LogP contribution in [0.25, 0.3) is 22.0 Å². The van der Waals surface area contributed by atoms with Gasteiger partial charge in [0, 0.05) is 53.8 Å². The van der Waals surface area contributed by atoms with Gasteiger partial charge < -0.3 is 20.4 Å². The van der Waals surface area contributed by atoms with Gasteiger partial charge in [-0.05, 0) is 45.7 Å². The number of methoxy groups -OCH3 is 1. The summed E-state index contributed by atoms with van der Waals surface area (Å²) in [4.78, 5) is 8.48. The molecule has 0 spiro atoms. The molecule has 0 amide bonds. The molecule has 1 saturated carbocycles. The van der Waals surface area contributed by atoms with Gasteiger partial charge in [0.2, 0.25) is 0 Å². The topological polar surface area (TPSA) is 97.1 Å². The summed E-state index contributed by atoms with van der Waals surface area (Å²) < 4.78 is 9.69. The highest BCUT2D eigenvalue weighted by atomic mass is 16.5. The van der Waals surface area contributed by atoms with Crippen LogP contribution in [0.1, 0.15) is 48.3 Å². The van der Waals surface area contributed by atoms with Crippen LogP contribution >= 0.6 is 0 Å². The number of benzene rings is 1. The van der Waals surface area contributed by atoms with E-state index in [1.165, 1.54) is 12.8 Å². The van der Waals surface area contributed by atoms with Crippen molar-refractivity contribution in [1.82, 2.24) is 24.5 Å². The molecule has 1 atom stereocenters. The number of anilines is 2. The second-order valence-electron chi connectivity index (χ2n) is 9.42. The summed E-state index contributed by atoms with van der Waals surface area (Å²) in [6.45, 7) is 6.16. The lowest BCUT2D eigenvalue weighted by Gasteiger charge is -2.21.